The van der Waals surface area contributed by atoms with Crippen molar-refractivity contribution in [3.63, 3.8) is 0 Å². The summed E-state index contributed by atoms with van der Waals surface area (Å²) in [6.07, 6.45) is 1.53. The molecule has 0 amide bonds. The first kappa shape index (κ1) is 13.9. The highest BCUT2D eigenvalue weighted by atomic mass is 127. The molecule has 0 aliphatic heterocycles. The van der Waals surface area contributed by atoms with Gasteiger partial charge in [0, 0.05) is 22.4 Å². The number of aryl methyl sites for hydroxylation is 2. The van der Waals surface area contributed by atoms with Crippen LogP contribution in [-0.4, -0.2) is 21.3 Å². The number of carbonyl (C=O) groups excluding carboxylic acids is 2. The van der Waals surface area contributed by atoms with E-state index < -0.39 is 0 Å². The zero-order chi connectivity index (χ0) is 14.0. The molecular weight excluding hydrogens is 355 g/mol. The van der Waals surface area contributed by atoms with E-state index in [0.29, 0.717) is 16.8 Å². The lowest BCUT2D eigenvalue weighted by Gasteiger charge is -2.00. The molecule has 0 aliphatic carbocycles. The topological polar surface area (TPSA) is 52.0 Å². The second-order valence-electron chi connectivity index (χ2n) is 4.33. The third-order valence-corrected chi connectivity index (χ3v) is 3.52. The van der Waals surface area contributed by atoms with Crippen LogP contribution in [0.4, 0.5) is 0 Å². The fourth-order valence-corrected chi connectivity index (χ4v) is 2.21. The fraction of sp³-hybridized carbons (Fsp3) is 0.214. The SMILES string of the molecule is Cc1nn(C)cc1C(=O)CC(=O)c1ccc(I)cc1. The largest absolute Gasteiger partial charge is 0.294 e. The molecule has 0 bridgehead atoms. The summed E-state index contributed by atoms with van der Waals surface area (Å²) in [5.74, 6) is -0.348. The van der Waals surface area contributed by atoms with Gasteiger partial charge in [-0.05, 0) is 41.6 Å². The molecule has 0 spiro atoms. The summed E-state index contributed by atoms with van der Waals surface area (Å²) in [5, 5.41) is 4.11. The van der Waals surface area contributed by atoms with E-state index in [1.165, 1.54) is 0 Å². The average molecular weight is 368 g/mol. The Labute approximate surface area is 125 Å². The van der Waals surface area contributed by atoms with E-state index in [-0.39, 0.29) is 18.0 Å². The summed E-state index contributed by atoms with van der Waals surface area (Å²) in [7, 11) is 1.75. The molecule has 1 aromatic heterocycles. The van der Waals surface area contributed by atoms with Gasteiger partial charge in [-0.1, -0.05) is 12.1 Å². The van der Waals surface area contributed by atoms with Crippen LogP contribution in [0.5, 0.6) is 0 Å². The molecule has 0 atom stereocenters. The lowest BCUT2D eigenvalue weighted by atomic mass is 10.0. The van der Waals surface area contributed by atoms with E-state index in [2.05, 4.69) is 27.7 Å². The van der Waals surface area contributed by atoms with Crippen molar-refractivity contribution < 1.29 is 9.59 Å². The first-order valence-corrected chi connectivity index (χ1v) is 6.87. The number of hydrogen-bond donors (Lipinski definition) is 0. The van der Waals surface area contributed by atoms with Gasteiger partial charge in [-0.3, -0.25) is 14.3 Å². The van der Waals surface area contributed by atoms with Gasteiger partial charge in [-0.2, -0.15) is 5.10 Å². The summed E-state index contributed by atoms with van der Waals surface area (Å²) in [5.41, 5.74) is 1.74. The highest BCUT2D eigenvalue weighted by Gasteiger charge is 2.17. The number of ketones is 2. The minimum atomic E-state index is -0.186. The van der Waals surface area contributed by atoms with Crippen LogP contribution in [-0.2, 0) is 7.05 Å². The molecular formula is C14H13IN2O2. The Morgan fingerprint density at radius 1 is 1.21 bits per heavy atom. The van der Waals surface area contributed by atoms with Gasteiger partial charge >= 0.3 is 0 Å². The van der Waals surface area contributed by atoms with Crippen molar-refractivity contribution in [1.82, 2.24) is 9.78 Å². The van der Waals surface area contributed by atoms with Crippen LogP contribution in [0.3, 0.4) is 0 Å². The highest BCUT2D eigenvalue weighted by molar-refractivity contribution is 14.1. The molecule has 0 radical (unpaired) electrons. The van der Waals surface area contributed by atoms with Crippen molar-refractivity contribution in [2.24, 2.45) is 7.05 Å². The van der Waals surface area contributed by atoms with Crippen LogP contribution < -0.4 is 0 Å². The van der Waals surface area contributed by atoms with Crippen molar-refractivity contribution in [1.29, 1.82) is 0 Å². The predicted molar refractivity (Wildman–Crippen MR) is 80.4 cm³/mol. The molecule has 5 heteroatoms. The summed E-state index contributed by atoms with van der Waals surface area (Å²) in [6, 6.07) is 7.20. The van der Waals surface area contributed by atoms with Gasteiger partial charge in [0.05, 0.1) is 17.7 Å². The van der Waals surface area contributed by atoms with Crippen molar-refractivity contribution in [3.05, 3.63) is 50.9 Å². The Morgan fingerprint density at radius 2 is 1.84 bits per heavy atom. The molecule has 2 rings (SSSR count). The smallest absolute Gasteiger partial charge is 0.174 e. The minimum Gasteiger partial charge on any atom is -0.294 e. The Kier molecular flexibility index (Phi) is 4.14. The number of carbonyl (C=O) groups is 2. The third-order valence-electron chi connectivity index (χ3n) is 2.80. The molecule has 0 fully saturated rings. The number of Topliss-reactive ketones (excluding diaryl/α,β-unsaturated/α-hetero) is 2. The van der Waals surface area contributed by atoms with Gasteiger partial charge in [-0.25, -0.2) is 0 Å². The van der Waals surface area contributed by atoms with E-state index in [1.54, 1.807) is 37.0 Å². The second kappa shape index (κ2) is 5.64. The molecule has 0 aliphatic rings. The van der Waals surface area contributed by atoms with Crippen LogP contribution in [0.25, 0.3) is 0 Å². The van der Waals surface area contributed by atoms with E-state index >= 15 is 0 Å². The molecule has 0 N–H and O–H groups in total. The van der Waals surface area contributed by atoms with Crippen molar-refractivity contribution in [2.45, 2.75) is 13.3 Å². The number of halogens is 1. The monoisotopic (exact) mass is 368 g/mol. The molecule has 2 aromatic rings. The predicted octanol–water partition coefficient (Wildman–Crippen LogP) is 2.79. The second-order valence-corrected chi connectivity index (χ2v) is 5.58. The maximum Gasteiger partial charge on any atom is 0.174 e. The Balaban J connectivity index is 2.13. The Hall–Kier alpha value is -1.50. The minimum absolute atomic E-state index is 0.118. The van der Waals surface area contributed by atoms with Gasteiger partial charge in [0.2, 0.25) is 0 Å². The molecule has 98 valence electrons. The number of nitrogens with zero attached hydrogens (tertiary/aromatic N) is 2. The molecule has 19 heavy (non-hydrogen) atoms. The maximum absolute atomic E-state index is 12.1. The van der Waals surface area contributed by atoms with E-state index in [4.69, 9.17) is 0 Å². The summed E-state index contributed by atoms with van der Waals surface area (Å²) < 4.78 is 2.64. The van der Waals surface area contributed by atoms with Gasteiger partial charge < -0.3 is 0 Å². The van der Waals surface area contributed by atoms with Crippen LogP contribution in [0.15, 0.2) is 30.5 Å². The summed E-state index contributed by atoms with van der Waals surface area (Å²) in [6.45, 7) is 1.77. The maximum atomic E-state index is 12.1. The van der Waals surface area contributed by atoms with Gasteiger partial charge in [-0.15, -0.1) is 0 Å². The van der Waals surface area contributed by atoms with Gasteiger partial charge in [0.1, 0.15) is 0 Å². The first-order valence-electron chi connectivity index (χ1n) is 5.79. The van der Waals surface area contributed by atoms with Crippen LogP contribution in [0, 0.1) is 10.5 Å². The van der Waals surface area contributed by atoms with E-state index in [1.807, 2.05) is 12.1 Å². The molecule has 0 saturated heterocycles. The van der Waals surface area contributed by atoms with Crippen LogP contribution in [0.2, 0.25) is 0 Å². The summed E-state index contributed by atoms with van der Waals surface area (Å²) >= 11 is 2.17. The molecule has 1 aromatic carbocycles. The third kappa shape index (κ3) is 3.28. The lowest BCUT2D eigenvalue weighted by molar-refractivity contribution is 0.0894. The molecule has 1 heterocycles. The van der Waals surface area contributed by atoms with E-state index in [0.717, 1.165) is 3.57 Å². The first-order chi connectivity index (χ1) is 8.97. The number of benzene rings is 1. The molecule has 0 saturated carbocycles. The van der Waals surface area contributed by atoms with Gasteiger partial charge in [0.15, 0.2) is 11.6 Å². The summed E-state index contributed by atoms with van der Waals surface area (Å²) in [4.78, 5) is 24.1. The molecule has 4 nitrogen and oxygen atoms in total. The number of aromatic nitrogens is 2. The number of hydrogen-bond acceptors (Lipinski definition) is 3. The molecule has 0 unspecified atom stereocenters. The standard InChI is InChI=1S/C14H13IN2O2/c1-9-12(8-17(2)16-9)14(19)7-13(18)10-3-5-11(15)6-4-10/h3-6,8H,7H2,1-2H3. The number of rotatable bonds is 4. The zero-order valence-corrected chi connectivity index (χ0v) is 12.8. The van der Waals surface area contributed by atoms with Crippen LogP contribution in [0.1, 0.15) is 32.8 Å². The Bertz CT molecular complexity index is 629. The lowest BCUT2D eigenvalue weighted by Crippen LogP contribution is -2.09. The quantitative estimate of drug-likeness (QED) is 0.474. The van der Waals surface area contributed by atoms with Crippen molar-refractivity contribution >= 4 is 34.2 Å². The van der Waals surface area contributed by atoms with Crippen molar-refractivity contribution in [2.75, 3.05) is 0 Å². The van der Waals surface area contributed by atoms with Crippen LogP contribution >= 0.6 is 22.6 Å². The average Bonchev–Trinajstić information content (AvgIpc) is 2.69. The fourth-order valence-electron chi connectivity index (χ4n) is 1.85. The van der Waals surface area contributed by atoms with E-state index in [9.17, 15) is 9.59 Å². The normalized spacial score (nSPS) is 10.5. The van der Waals surface area contributed by atoms with Crippen molar-refractivity contribution in [3.8, 4) is 0 Å². The van der Waals surface area contributed by atoms with Gasteiger partial charge in [0.25, 0.3) is 0 Å². The zero-order valence-electron chi connectivity index (χ0n) is 10.7. The highest BCUT2D eigenvalue weighted by Crippen LogP contribution is 2.13. The Morgan fingerprint density at radius 3 is 2.37 bits per heavy atom.